The average Bonchev–Trinajstić information content (AvgIpc) is 3.25. The molecule has 2 aromatic carbocycles. The third kappa shape index (κ3) is 14.1. The number of rotatable bonds is 18. The maximum Gasteiger partial charge on any atom is 2.00 e. The van der Waals surface area contributed by atoms with E-state index in [1.54, 1.807) is 38.4 Å². The SMILES string of the molecule is CN1c2c(nc(N)[nH]c2=O)NCC1CNc1ccc(C(=O)NC(CCC(=O)O)C(=O)[O-])cc1.CN1c2c(nc(N)[nH]c2=O)NC[C@@H]1CNc1ccc(C(=O)NC(CCC(=O)O)C(=O)[O-])cc1.[Mg+2]. The van der Waals surface area contributed by atoms with Gasteiger partial charge in [-0.15, -0.1) is 0 Å². The van der Waals surface area contributed by atoms with E-state index >= 15 is 0 Å². The maximum atomic E-state index is 12.3. The zero-order valence-corrected chi connectivity index (χ0v) is 37.6. The van der Waals surface area contributed by atoms with Crippen LogP contribution in [0.25, 0.3) is 0 Å². The Hall–Kier alpha value is -7.81. The number of aliphatic carboxylic acids is 4. The minimum absolute atomic E-state index is 0. The van der Waals surface area contributed by atoms with E-state index in [4.69, 9.17) is 21.7 Å². The molecule has 26 nitrogen and oxygen atoms in total. The third-order valence-corrected chi connectivity index (χ3v) is 10.5. The molecule has 0 saturated heterocycles. The van der Waals surface area contributed by atoms with Gasteiger partial charge >= 0.3 is 35.0 Å². The summed E-state index contributed by atoms with van der Waals surface area (Å²) < 4.78 is 0. The Bertz CT molecular complexity index is 2380. The van der Waals surface area contributed by atoms with Crippen LogP contribution >= 0.6 is 0 Å². The monoisotopic (exact) mass is 940 g/mol. The summed E-state index contributed by atoms with van der Waals surface area (Å²) in [7, 11) is 3.56. The predicted molar refractivity (Wildman–Crippen MR) is 242 cm³/mol. The number of H-pyrrole nitrogens is 2. The molecule has 352 valence electrons. The van der Waals surface area contributed by atoms with Crippen molar-refractivity contribution in [3.8, 4) is 0 Å². The number of aromatic nitrogens is 4. The van der Waals surface area contributed by atoms with Crippen LogP contribution in [0.15, 0.2) is 58.1 Å². The molecule has 27 heteroatoms. The smallest absolute Gasteiger partial charge is 0.548 e. The van der Waals surface area contributed by atoms with Crippen molar-refractivity contribution < 1.29 is 49.2 Å². The number of carboxylic acid groups (broad SMARTS) is 4. The van der Waals surface area contributed by atoms with Crippen molar-refractivity contribution in [1.82, 2.24) is 30.6 Å². The van der Waals surface area contributed by atoms with Crippen LogP contribution in [0.5, 0.6) is 0 Å². The van der Waals surface area contributed by atoms with Crippen LogP contribution in [0.4, 0.5) is 46.3 Å². The summed E-state index contributed by atoms with van der Waals surface area (Å²) in [5.41, 5.74) is 13.1. The minimum Gasteiger partial charge on any atom is -0.548 e. The van der Waals surface area contributed by atoms with Crippen LogP contribution in [0, 0.1) is 0 Å². The quantitative estimate of drug-likeness (QED) is 0.0429. The Kier molecular flexibility index (Phi) is 18.1. The van der Waals surface area contributed by atoms with Gasteiger partial charge in [-0.25, -0.2) is 0 Å². The first-order valence-corrected chi connectivity index (χ1v) is 20.2. The summed E-state index contributed by atoms with van der Waals surface area (Å²) in [4.78, 5) is 109. The molecule has 14 N–H and O–H groups in total. The topological polar surface area (TPSA) is 411 Å². The number of nitrogens with two attached hydrogens (primary N) is 2. The van der Waals surface area contributed by atoms with Crippen molar-refractivity contribution in [2.75, 3.05) is 82.8 Å². The molecule has 67 heavy (non-hydrogen) atoms. The Morgan fingerprint density at radius 2 is 1.01 bits per heavy atom. The summed E-state index contributed by atoms with van der Waals surface area (Å²) in [6.45, 7) is 1.99. The van der Waals surface area contributed by atoms with E-state index in [-0.39, 0.29) is 82.1 Å². The third-order valence-electron chi connectivity index (χ3n) is 10.5. The zero-order chi connectivity index (χ0) is 48.2. The van der Waals surface area contributed by atoms with E-state index in [0.717, 1.165) is 0 Å². The van der Waals surface area contributed by atoms with Gasteiger partial charge in [0.2, 0.25) is 11.9 Å². The van der Waals surface area contributed by atoms with Crippen LogP contribution in [-0.2, 0) is 19.2 Å². The second kappa shape index (κ2) is 23.4. The van der Waals surface area contributed by atoms with Crippen molar-refractivity contribution >= 4 is 105 Å². The number of nitrogens with zero attached hydrogens (tertiary/aromatic N) is 4. The van der Waals surface area contributed by atoms with Gasteiger partial charge in [0.25, 0.3) is 22.9 Å². The molecule has 2 aliphatic heterocycles. The Balaban J connectivity index is 0.000000288. The van der Waals surface area contributed by atoms with Gasteiger partial charge in [-0.2, -0.15) is 9.97 Å². The van der Waals surface area contributed by atoms with E-state index in [2.05, 4.69) is 51.8 Å². The van der Waals surface area contributed by atoms with Crippen LogP contribution in [-0.4, -0.2) is 153 Å². The standard InChI is InChI=1S/2C20H25N7O6.Mg/c2*1-27-12(9-23-16-15(27)18(31)26-20(21)25-16)8-22-11-4-2-10(3-5-11)17(30)24-13(19(32)33)6-7-14(28)29;/h2*2-5,12-13,22H,6-9H2,1H3,(H,24,30)(H,28,29)(H,32,33)(H4,21,23,25,26,31);/q;;+2/p-2/t12-,13?;;/m0../s1. The van der Waals surface area contributed by atoms with Crippen LogP contribution in [0.2, 0.25) is 0 Å². The molecule has 2 amide bonds. The van der Waals surface area contributed by atoms with E-state index < -0.39 is 60.6 Å². The molecule has 2 aromatic heterocycles. The van der Waals surface area contributed by atoms with Crippen molar-refractivity contribution in [3.05, 3.63) is 80.4 Å². The normalized spacial score (nSPS) is 15.4. The van der Waals surface area contributed by atoms with Gasteiger partial charge in [0.05, 0.1) is 36.1 Å². The Morgan fingerprint density at radius 3 is 1.33 bits per heavy atom. The van der Waals surface area contributed by atoms with Crippen molar-refractivity contribution in [3.63, 3.8) is 0 Å². The number of anilines is 8. The van der Waals surface area contributed by atoms with Crippen molar-refractivity contribution in [2.24, 2.45) is 0 Å². The Labute approximate surface area is 396 Å². The molecule has 0 fully saturated rings. The largest absolute Gasteiger partial charge is 2.00 e. The van der Waals surface area contributed by atoms with Gasteiger partial charge in [0.1, 0.15) is 11.4 Å². The number of amides is 2. The van der Waals surface area contributed by atoms with Gasteiger partial charge in [-0.05, 0) is 61.4 Å². The van der Waals surface area contributed by atoms with E-state index in [1.807, 2.05) is 9.80 Å². The van der Waals surface area contributed by atoms with Crippen LogP contribution in [0.3, 0.4) is 0 Å². The molecule has 3 unspecified atom stereocenters. The van der Waals surface area contributed by atoms with Gasteiger partial charge in [-0.3, -0.25) is 38.7 Å². The Morgan fingerprint density at radius 1 is 0.672 bits per heavy atom. The van der Waals surface area contributed by atoms with E-state index in [1.165, 1.54) is 24.3 Å². The van der Waals surface area contributed by atoms with Gasteiger partial charge in [0, 0.05) is 75.6 Å². The number of carbonyl (C=O) groups excluding carboxylic acids is 4. The second-order valence-corrected chi connectivity index (χ2v) is 15.1. The first-order valence-electron chi connectivity index (χ1n) is 20.2. The van der Waals surface area contributed by atoms with Crippen molar-refractivity contribution in [1.29, 1.82) is 0 Å². The number of fused-ring (bicyclic) bond motifs is 2. The van der Waals surface area contributed by atoms with Gasteiger partial charge in [0.15, 0.2) is 11.6 Å². The summed E-state index contributed by atoms with van der Waals surface area (Å²) in [6.07, 6.45) is -1.38. The fourth-order valence-electron chi connectivity index (χ4n) is 6.82. The van der Waals surface area contributed by atoms with Crippen LogP contribution < -0.4 is 74.5 Å². The number of carbonyl (C=O) groups is 6. The maximum absolute atomic E-state index is 12.3. The molecule has 0 radical (unpaired) electrons. The van der Waals surface area contributed by atoms with Crippen LogP contribution in [0.1, 0.15) is 46.4 Å². The number of nitrogen functional groups attached to an aromatic ring is 2. The molecule has 0 spiro atoms. The van der Waals surface area contributed by atoms with Gasteiger partial charge in [-0.1, -0.05) is 0 Å². The number of hydrogen-bond acceptors (Lipinski definition) is 20. The molecular formula is C40H48MgN14O12. The first-order chi connectivity index (χ1) is 31.3. The molecule has 0 saturated carbocycles. The zero-order valence-electron chi connectivity index (χ0n) is 36.2. The average molecular weight is 941 g/mol. The fourth-order valence-corrected chi connectivity index (χ4v) is 6.82. The minimum atomic E-state index is -1.55. The number of hydrogen-bond donors (Lipinski definition) is 12. The number of aromatic amines is 2. The molecular weight excluding hydrogens is 893 g/mol. The summed E-state index contributed by atoms with van der Waals surface area (Å²) in [5.74, 6) is -5.83. The predicted octanol–water partition coefficient (Wildman–Crippen LogP) is -3.57. The molecule has 0 bridgehead atoms. The second-order valence-electron chi connectivity index (χ2n) is 15.1. The van der Waals surface area contributed by atoms with E-state index in [9.17, 15) is 48.6 Å². The molecule has 2 aliphatic rings. The first kappa shape index (κ1) is 51.8. The van der Waals surface area contributed by atoms with E-state index in [0.29, 0.717) is 60.6 Å². The number of nitrogens with one attached hydrogen (secondary N) is 8. The summed E-state index contributed by atoms with van der Waals surface area (Å²) in [5, 5.41) is 56.8. The number of likely N-dealkylation sites (N-methyl/N-ethyl adjacent to an activating group) is 2. The molecule has 6 rings (SSSR count). The molecule has 4 atom stereocenters. The van der Waals surface area contributed by atoms with Crippen molar-refractivity contribution in [2.45, 2.75) is 49.9 Å². The molecule has 4 aromatic rings. The summed E-state index contributed by atoms with van der Waals surface area (Å²) >= 11 is 0. The number of carboxylic acids is 4. The fraction of sp³-hybridized carbons (Fsp3) is 0.350. The molecule has 0 aliphatic carbocycles. The molecule has 4 heterocycles. The summed E-state index contributed by atoms with van der Waals surface area (Å²) in [6, 6.07) is 9.68. The number of benzene rings is 2. The van der Waals surface area contributed by atoms with Gasteiger partial charge < -0.3 is 83.2 Å².